The van der Waals surface area contributed by atoms with Gasteiger partial charge in [-0.3, -0.25) is 4.90 Å². The molecule has 15 heteroatoms. The highest BCUT2D eigenvalue weighted by atomic mass is 19.4. The predicted molar refractivity (Wildman–Crippen MR) is 97.8 cm³/mol. The van der Waals surface area contributed by atoms with E-state index >= 15 is 0 Å². The number of nitrogens with one attached hydrogen (secondary N) is 1. The van der Waals surface area contributed by atoms with E-state index in [1.165, 1.54) is 6.92 Å². The Balaban J connectivity index is 1.89. The fraction of sp³-hybridized carbons (Fsp3) is 0.400. The number of cyclic esters (lactones) is 1. The number of esters is 1. The first-order valence-corrected chi connectivity index (χ1v) is 9.71. The summed E-state index contributed by atoms with van der Waals surface area (Å²) in [5, 5.41) is 0. The van der Waals surface area contributed by atoms with Crippen molar-refractivity contribution in [2.24, 2.45) is 0 Å². The van der Waals surface area contributed by atoms with Gasteiger partial charge in [-0.2, -0.15) is 39.5 Å². The molecule has 0 aliphatic carbocycles. The second kappa shape index (κ2) is 9.00. The van der Waals surface area contributed by atoms with Gasteiger partial charge in [0.05, 0.1) is 36.4 Å². The number of nitrogens with zero attached hydrogens (tertiary/aromatic N) is 1. The van der Waals surface area contributed by atoms with E-state index in [2.05, 4.69) is 9.72 Å². The molecule has 2 aromatic rings. The van der Waals surface area contributed by atoms with E-state index in [4.69, 9.17) is 4.74 Å². The van der Waals surface area contributed by atoms with Crippen LogP contribution in [0.15, 0.2) is 24.3 Å². The maximum absolute atomic E-state index is 13.3. The largest absolute Gasteiger partial charge is 0.461 e. The van der Waals surface area contributed by atoms with Gasteiger partial charge >= 0.3 is 30.6 Å². The molecule has 1 aromatic heterocycles. The van der Waals surface area contributed by atoms with Crippen LogP contribution in [0.1, 0.15) is 51.5 Å². The first kappa shape index (κ1) is 26.2. The van der Waals surface area contributed by atoms with Gasteiger partial charge in [-0.15, -0.1) is 0 Å². The van der Waals surface area contributed by atoms with Crippen LogP contribution in [0.3, 0.4) is 0 Å². The van der Waals surface area contributed by atoms with Crippen LogP contribution < -0.4 is 0 Å². The third-order valence-corrected chi connectivity index (χ3v) is 4.89. The Bertz CT molecular complexity index is 1090. The molecule has 0 spiro atoms. The number of carbonyl (C=O) groups excluding carboxylic acids is 2. The molecule has 1 unspecified atom stereocenters. The Morgan fingerprint density at radius 3 is 2.06 bits per heavy atom. The van der Waals surface area contributed by atoms with Gasteiger partial charge in [0.1, 0.15) is 11.8 Å². The molecule has 2 heterocycles. The zero-order valence-electron chi connectivity index (χ0n) is 17.5. The van der Waals surface area contributed by atoms with E-state index in [0.29, 0.717) is 18.2 Å². The molecule has 1 saturated heterocycles. The molecule has 1 aromatic carbocycles. The minimum atomic E-state index is -5.12. The first-order chi connectivity index (χ1) is 16.0. The Morgan fingerprint density at radius 1 is 1.00 bits per heavy atom. The zero-order chi connectivity index (χ0) is 26.3. The predicted octanol–water partition coefficient (Wildman–Crippen LogP) is 5.94. The standard InChI is InChI=1S/C20H15F9N2O4/c1-2-34-16(32)15-13(20(27,28)29)6-12(30-15)7-31-8-14(35-17(31)33)9-3-10(18(21,22)23)5-11(4-9)19(24,25)26/h3-6,14,30H,2,7-8H2,1H3. The topological polar surface area (TPSA) is 71.6 Å². The number of ether oxygens (including phenoxy) is 2. The van der Waals surface area contributed by atoms with E-state index in [9.17, 15) is 49.1 Å². The smallest absolute Gasteiger partial charge is 0.418 e. The van der Waals surface area contributed by atoms with E-state index < -0.39 is 77.7 Å². The second-order valence-electron chi connectivity index (χ2n) is 7.39. The lowest BCUT2D eigenvalue weighted by molar-refractivity contribution is -0.143. The normalized spacial score (nSPS) is 17.0. The quantitative estimate of drug-likeness (QED) is 0.393. The minimum absolute atomic E-state index is 0.0907. The van der Waals surface area contributed by atoms with Crippen molar-refractivity contribution in [3.05, 3.63) is 57.9 Å². The maximum atomic E-state index is 13.3. The molecule has 1 aliphatic rings. The van der Waals surface area contributed by atoms with Gasteiger partial charge in [0.25, 0.3) is 0 Å². The van der Waals surface area contributed by atoms with Gasteiger partial charge in [-0.1, -0.05) is 0 Å². The van der Waals surface area contributed by atoms with Crippen LogP contribution >= 0.6 is 0 Å². The van der Waals surface area contributed by atoms with Crippen LogP contribution in [0.5, 0.6) is 0 Å². The van der Waals surface area contributed by atoms with Crippen LogP contribution in [-0.4, -0.2) is 35.1 Å². The molecule has 192 valence electrons. The number of rotatable bonds is 5. The molecule has 1 atom stereocenters. The summed E-state index contributed by atoms with van der Waals surface area (Å²) in [7, 11) is 0. The summed E-state index contributed by atoms with van der Waals surface area (Å²) in [5.74, 6) is -1.31. The van der Waals surface area contributed by atoms with Gasteiger partial charge < -0.3 is 14.5 Å². The van der Waals surface area contributed by atoms with Gasteiger partial charge in [-0.05, 0) is 36.8 Å². The van der Waals surface area contributed by atoms with Crippen molar-refractivity contribution in [2.75, 3.05) is 13.2 Å². The lowest BCUT2D eigenvalue weighted by atomic mass is 10.0. The Hall–Kier alpha value is -3.39. The summed E-state index contributed by atoms with van der Waals surface area (Å²) in [4.78, 5) is 27.0. The summed E-state index contributed by atoms with van der Waals surface area (Å²) in [5.41, 5.74) is -6.42. The molecular formula is C20H15F9N2O4. The molecule has 1 fully saturated rings. The number of halogens is 9. The molecule has 0 bridgehead atoms. The monoisotopic (exact) mass is 518 g/mol. The van der Waals surface area contributed by atoms with Gasteiger partial charge in [0, 0.05) is 5.69 Å². The maximum Gasteiger partial charge on any atom is 0.418 e. The van der Waals surface area contributed by atoms with Gasteiger partial charge in [0.15, 0.2) is 0 Å². The van der Waals surface area contributed by atoms with E-state index in [-0.39, 0.29) is 18.4 Å². The number of carbonyl (C=O) groups is 2. The number of amides is 1. The Morgan fingerprint density at radius 2 is 1.57 bits per heavy atom. The van der Waals surface area contributed by atoms with Crippen molar-refractivity contribution in [3.8, 4) is 0 Å². The highest BCUT2D eigenvalue weighted by Gasteiger charge is 2.41. The molecule has 1 aliphatic heterocycles. The molecule has 35 heavy (non-hydrogen) atoms. The lowest BCUT2D eigenvalue weighted by Crippen LogP contribution is -2.24. The number of hydrogen-bond acceptors (Lipinski definition) is 4. The molecule has 1 amide bonds. The second-order valence-corrected chi connectivity index (χ2v) is 7.39. The fourth-order valence-electron chi connectivity index (χ4n) is 3.36. The van der Waals surface area contributed by atoms with Crippen LogP contribution in [0.4, 0.5) is 44.3 Å². The third-order valence-electron chi connectivity index (χ3n) is 4.89. The van der Waals surface area contributed by atoms with Crippen LogP contribution in [-0.2, 0) is 34.5 Å². The SMILES string of the molecule is CCOC(=O)c1[nH]c(CN2CC(c3cc(C(F)(F)F)cc(C(F)(F)F)c3)OC2=O)cc1C(F)(F)F. The highest BCUT2D eigenvalue weighted by molar-refractivity contribution is 5.89. The first-order valence-electron chi connectivity index (χ1n) is 9.71. The number of alkyl halides is 9. The van der Waals surface area contributed by atoms with Crippen molar-refractivity contribution < 1.29 is 58.6 Å². The lowest BCUT2D eigenvalue weighted by Gasteiger charge is -2.16. The molecule has 0 radical (unpaired) electrons. The average molecular weight is 518 g/mol. The van der Waals surface area contributed by atoms with Crippen LogP contribution in [0.25, 0.3) is 0 Å². The minimum Gasteiger partial charge on any atom is -0.461 e. The van der Waals surface area contributed by atoms with Gasteiger partial charge in [0.2, 0.25) is 0 Å². The van der Waals surface area contributed by atoms with Gasteiger partial charge in [-0.25, -0.2) is 9.59 Å². The van der Waals surface area contributed by atoms with Crippen molar-refractivity contribution in [3.63, 3.8) is 0 Å². The molecular weight excluding hydrogens is 503 g/mol. The van der Waals surface area contributed by atoms with Crippen molar-refractivity contribution in [2.45, 2.75) is 38.1 Å². The third kappa shape index (κ3) is 5.82. The number of H-pyrrole nitrogens is 1. The fourth-order valence-corrected chi connectivity index (χ4v) is 3.36. The summed E-state index contributed by atoms with van der Waals surface area (Å²) < 4.78 is 128. The zero-order valence-corrected chi connectivity index (χ0v) is 17.5. The van der Waals surface area contributed by atoms with Crippen LogP contribution in [0.2, 0.25) is 0 Å². The Kier molecular flexibility index (Phi) is 6.74. The van der Waals surface area contributed by atoms with E-state index in [0.717, 1.165) is 4.90 Å². The molecule has 1 N–H and O–H groups in total. The molecule has 6 nitrogen and oxygen atoms in total. The average Bonchev–Trinajstić information content (AvgIpc) is 3.31. The molecule has 0 saturated carbocycles. The van der Waals surface area contributed by atoms with Crippen LogP contribution in [0, 0.1) is 0 Å². The van der Waals surface area contributed by atoms with Crippen molar-refractivity contribution in [1.29, 1.82) is 0 Å². The molecule has 3 rings (SSSR count). The van der Waals surface area contributed by atoms with Crippen molar-refractivity contribution in [1.82, 2.24) is 9.88 Å². The number of hydrogen-bond donors (Lipinski definition) is 1. The number of aromatic amines is 1. The summed E-state index contributed by atoms with van der Waals surface area (Å²) >= 11 is 0. The van der Waals surface area contributed by atoms with E-state index in [1.54, 1.807) is 0 Å². The van der Waals surface area contributed by atoms with E-state index in [1.807, 2.05) is 0 Å². The summed E-state index contributed by atoms with van der Waals surface area (Å²) in [6.07, 6.45) is -18.0. The Labute approximate surface area is 190 Å². The number of benzene rings is 1. The summed E-state index contributed by atoms with van der Waals surface area (Å²) in [6.45, 7) is -0.0235. The van der Waals surface area contributed by atoms with Crippen molar-refractivity contribution >= 4 is 12.1 Å². The highest BCUT2D eigenvalue weighted by Crippen LogP contribution is 2.39. The summed E-state index contributed by atoms with van der Waals surface area (Å²) in [6, 6.07) is 1.24. The number of aromatic nitrogens is 1.